The Kier molecular flexibility index (Phi) is 4.46. The zero-order chi connectivity index (χ0) is 12.3. The Bertz CT molecular complexity index is 478. The maximum absolute atomic E-state index is 6.12. The van der Waals surface area contributed by atoms with Gasteiger partial charge in [0.1, 0.15) is 0 Å². The molecule has 90 valence electrons. The van der Waals surface area contributed by atoms with Crippen LogP contribution in [-0.4, -0.2) is 6.04 Å². The lowest BCUT2D eigenvalue weighted by atomic mass is 10.0. The Morgan fingerprint density at radius 3 is 2.29 bits per heavy atom. The van der Waals surface area contributed by atoms with Crippen molar-refractivity contribution >= 4 is 34.5 Å². The number of hydrogen-bond donors (Lipinski definition) is 1. The maximum atomic E-state index is 6.12. The fourth-order valence-corrected chi connectivity index (χ4v) is 3.02. The Labute approximate surface area is 115 Å². The number of thiophene rings is 1. The van der Waals surface area contributed by atoms with Gasteiger partial charge in [0.05, 0.1) is 4.34 Å². The van der Waals surface area contributed by atoms with Crippen molar-refractivity contribution in [3.8, 4) is 0 Å². The average molecular weight is 286 g/mol. The molecule has 2 aromatic rings. The molecule has 4 heteroatoms. The predicted octanol–water partition coefficient (Wildman–Crippen LogP) is 4.17. The minimum Gasteiger partial charge on any atom is -0.327 e. The minimum atomic E-state index is 0.117. The summed E-state index contributed by atoms with van der Waals surface area (Å²) in [6.45, 7) is 0. The van der Waals surface area contributed by atoms with Crippen LogP contribution in [0.3, 0.4) is 0 Å². The minimum absolute atomic E-state index is 0.117. The van der Waals surface area contributed by atoms with E-state index in [1.807, 2.05) is 36.4 Å². The summed E-state index contributed by atoms with van der Waals surface area (Å²) >= 11 is 13.3. The summed E-state index contributed by atoms with van der Waals surface area (Å²) in [5, 5.41) is 0.757. The molecular weight excluding hydrogens is 273 g/mol. The van der Waals surface area contributed by atoms with Gasteiger partial charge in [-0.05, 0) is 42.7 Å². The van der Waals surface area contributed by atoms with E-state index in [-0.39, 0.29) is 6.04 Å². The molecule has 1 aromatic carbocycles. The molecule has 1 aromatic heterocycles. The Hall–Kier alpha value is -0.540. The van der Waals surface area contributed by atoms with Gasteiger partial charge >= 0.3 is 0 Å². The maximum Gasteiger partial charge on any atom is 0.0931 e. The lowest BCUT2D eigenvalue weighted by Crippen LogP contribution is -2.25. The van der Waals surface area contributed by atoms with Gasteiger partial charge in [0.15, 0.2) is 0 Å². The zero-order valence-corrected chi connectivity index (χ0v) is 11.5. The molecule has 1 heterocycles. The van der Waals surface area contributed by atoms with Gasteiger partial charge < -0.3 is 5.73 Å². The van der Waals surface area contributed by atoms with Gasteiger partial charge in [-0.1, -0.05) is 35.3 Å². The van der Waals surface area contributed by atoms with Crippen molar-refractivity contribution in [2.45, 2.75) is 18.9 Å². The molecule has 0 fully saturated rings. The van der Waals surface area contributed by atoms with Crippen LogP contribution in [0.25, 0.3) is 0 Å². The summed E-state index contributed by atoms with van der Waals surface area (Å²) in [6.07, 6.45) is 1.71. The van der Waals surface area contributed by atoms with Crippen LogP contribution in [0.15, 0.2) is 36.4 Å². The van der Waals surface area contributed by atoms with Crippen LogP contribution in [0.4, 0.5) is 0 Å². The molecular formula is C13H13Cl2NS. The third-order valence-electron chi connectivity index (χ3n) is 2.50. The molecule has 0 aliphatic heterocycles. The molecule has 2 N–H and O–H groups in total. The summed E-state index contributed by atoms with van der Waals surface area (Å²) in [7, 11) is 0. The predicted molar refractivity (Wildman–Crippen MR) is 76.2 cm³/mol. The number of nitrogens with two attached hydrogens (primary N) is 1. The van der Waals surface area contributed by atoms with Crippen LogP contribution in [-0.2, 0) is 12.8 Å². The molecule has 0 amide bonds. The van der Waals surface area contributed by atoms with E-state index >= 15 is 0 Å². The lowest BCUT2D eigenvalue weighted by molar-refractivity contribution is 0.671. The average Bonchev–Trinajstić information content (AvgIpc) is 2.67. The summed E-state index contributed by atoms with van der Waals surface area (Å²) in [4.78, 5) is 1.23. The lowest BCUT2D eigenvalue weighted by Gasteiger charge is -2.10. The highest BCUT2D eigenvalue weighted by molar-refractivity contribution is 7.16. The Balaban J connectivity index is 1.93. The van der Waals surface area contributed by atoms with Crippen LogP contribution in [0, 0.1) is 0 Å². The summed E-state index contributed by atoms with van der Waals surface area (Å²) < 4.78 is 0.818. The van der Waals surface area contributed by atoms with Crippen molar-refractivity contribution < 1.29 is 0 Å². The van der Waals surface area contributed by atoms with Crippen molar-refractivity contribution in [3.05, 3.63) is 56.2 Å². The molecule has 1 nitrogen and oxygen atoms in total. The van der Waals surface area contributed by atoms with Crippen LogP contribution in [0.2, 0.25) is 9.36 Å². The van der Waals surface area contributed by atoms with Gasteiger partial charge in [-0.25, -0.2) is 0 Å². The molecule has 2 rings (SSSR count). The Morgan fingerprint density at radius 2 is 1.71 bits per heavy atom. The second-order valence-electron chi connectivity index (χ2n) is 4.00. The van der Waals surface area contributed by atoms with Crippen molar-refractivity contribution in [1.29, 1.82) is 0 Å². The smallest absolute Gasteiger partial charge is 0.0931 e. The second-order valence-corrected chi connectivity index (χ2v) is 6.24. The van der Waals surface area contributed by atoms with Gasteiger partial charge in [-0.3, -0.25) is 0 Å². The van der Waals surface area contributed by atoms with E-state index in [0.29, 0.717) is 0 Å². The number of halogens is 2. The molecule has 0 saturated carbocycles. The van der Waals surface area contributed by atoms with Gasteiger partial charge in [0, 0.05) is 15.9 Å². The molecule has 0 aliphatic rings. The topological polar surface area (TPSA) is 26.0 Å². The van der Waals surface area contributed by atoms with E-state index in [1.54, 1.807) is 11.3 Å². The molecule has 0 saturated heterocycles. The summed E-state index contributed by atoms with van der Waals surface area (Å²) in [5.74, 6) is 0. The monoisotopic (exact) mass is 285 g/mol. The van der Waals surface area contributed by atoms with Gasteiger partial charge in [0.25, 0.3) is 0 Å². The number of rotatable bonds is 4. The van der Waals surface area contributed by atoms with Crippen molar-refractivity contribution in [2.24, 2.45) is 5.73 Å². The molecule has 1 unspecified atom stereocenters. The zero-order valence-electron chi connectivity index (χ0n) is 9.20. The van der Waals surface area contributed by atoms with Crippen LogP contribution < -0.4 is 5.73 Å². The standard InChI is InChI=1S/C13H13Cl2NS/c14-10-3-1-9(2-4-10)7-11(16)8-12-5-6-13(15)17-12/h1-6,11H,7-8,16H2. The highest BCUT2D eigenvalue weighted by Crippen LogP contribution is 2.23. The molecule has 17 heavy (non-hydrogen) atoms. The number of hydrogen-bond acceptors (Lipinski definition) is 2. The van der Waals surface area contributed by atoms with Crippen LogP contribution in [0.5, 0.6) is 0 Å². The molecule has 0 spiro atoms. The largest absolute Gasteiger partial charge is 0.327 e. The molecule has 0 radical (unpaired) electrons. The number of benzene rings is 1. The van der Waals surface area contributed by atoms with Crippen molar-refractivity contribution in [1.82, 2.24) is 0 Å². The fraction of sp³-hybridized carbons (Fsp3) is 0.231. The highest BCUT2D eigenvalue weighted by Gasteiger charge is 2.07. The first-order valence-electron chi connectivity index (χ1n) is 5.38. The van der Waals surface area contributed by atoms with Gasteiger partial charge in [-0.15, -0.1) is 11.3 Å². The van der Waals surface area contributed by atoms with E-state index in [4.69, 9.17) is 28.9 Å². The SMILES string of the molecule is NC(Cc1ccc(Cl)cc1)Cc1ccc(Cl)s1. The first-order valence-corrected chi connectivity index (χ1v) is 6.95. The van der Waals surface area contributed by atoms with E-state index in [2.05, 4.69) is 0 Å². The van der Waals surface area contributed by atoms with Crippen molar-refractivity contribution in [3.63, 3.8) is 0 Å². The van der Waals surface area contributed by atoms with Crippen molar-refractivity contribution in [2.75, 3.05) is 0 Å². The third-order valence-corrected chi connectivity index (χ3v) is 4.01. The van der Waals surface area contributed by atoms with Gasteiger partial charge in [-0.2, -0.15) is 0 Å². The van der Waals surface area contributed by atoms with Crippen LogP contribution in [0.1, 0.15) is 10.4 Å². The van der Waals surface area contributed by atoms with E-state index < -0.39 is 0 Å². The quantitative estimate of drug-likeness (QED) is 0.897. The second kappa shape index (κ2) is 5.87. The Morgan fingerprint density at radius 1 is 1.00 bits per heavy atom. The molecule has 1 atom stereocenters. The van der Waals surface area contributed by atoms with E-state index in [1.165, 1.54) is 10.4 Å². The van der Waals surface area contributed by atoms with E-state index in [9.17, 15) is 0 Å². The molecule has 0 aliphatic carbocycles. The van der Waals surface area contributed by atoms with Gasteiger partial charge in [0.2, 0.25) is 0 Å². The van der Waals surface area contributed by atoms with Crippen LogP contribution >= 0.6 is 34.5 Å². The third kappa shape index (κ3) is 4.00. The highest BCUT2D eigenvalue weighted by atomic mass is 35.5. The summed E-state index contributed by atoms with van der Waals surface area (Å²) in [5.41, 5.74) is 7.33. The molecule has 0 bridgehead atoms. The first-order chi connectivity index (χ1) is 8.13. The summed E-state index contributed by atoms with van der Waals surface area (Å²) in [6, 6.07) is 11.9. The normalized spacial score (nSPS) is 12.6. The fourth-order valence-electron chi connectivity index (χ4n) is 1.72. The van der Waals surface area contributed by atoms with E-state index in [0.717, 1.165) is 22.2 Å². The first kappa shape index (κ1) is 12.9.